The van der Waals surface area contributed by atoms with Gasteiger partial charge in [-0.05, 0) is 50.5 Å². The number of hydrogen-bond donors (Lipinski definition) is 0. The highest BCUT2D eigenvalue weighted by atomic mass is 32.1. The Labute approximate surface area is 175 Å². The number of ketones is 1. The minimum atomic E-state index is 0.0592. The Balaban J connectivity index is 1.31. The molecule has 3 aromatic rings. The van der Waals surface area contributed by atoms with Gasteiger partial charge in [-0.3, -0.25) is 9.59 Å². The van der Waals surface area contributed by atoms with Crippen molar-refractivity contribution in [2.24, 2.45) is 0 Å². The number of piperidine rings is 1. The fourth-order valence-electron chi connectivity index (χ4n) is 3.99. The molecule has 1 amide bonds. The van der Waals surface area contributed by atoms with Gasteiger partial charge < -0.3 is 4.90 Å². The summed E-state index contributed by atoms with van der Waals surface area (Å²) in [5, 5.41) is 1.18. The number of aryl methyl sites for hydroxylation is 2. The smallest absolute Gasteiger partial charge is 0.223 e. The van der Waals surface area contributed by atoms with Gasteiger partial charge in [0.2, 0.25) is 5.91 Å². The fourth-order valence-corrected chi connectivity index (χ4v) is 5.13. The molecular weight excluding hydrogens is 380 g/mol. The molecule has 1 aromatic heterocycles. The van der Waals surface area contributed by atoms with Crippen molar-refractivity contribution in [1.29, 1.82) is 0 Å². The lowest BCUT2D eigenvalue weighted by molar-refractivity contribution is -0.132. The summed E-state index contributed by atoms with van der Waals surface area (Å²) in [4.78, 5) is 31.9. The van der Waals surface area contributed by atoms with E-state index in [1.54, 1.807) is 11.3 Å². The Kier molecular flexibility index (Phi) is 5.76. The molecule has 0 bridgehead atoms. The van der Waals surface area contributed by atoms with Gasteiger partial charge in [0, 0.05) is 37.4 Å². The van der Waals surface area contributed by atoms with E-state index < -0.39 is 0 Å². The van der Waals surface area contributed by atoms with Crippen LogP contribution in [0.2, 0.25) is 0 Å². The van der Waals surface area contributed by atoms with Crippen LogP contribution in [0, 0.1) is 13.8 Å². The van der Waals surface area contributed by atoms with E-state index in [4.69, 9.17) is 4.98 Å². The van der Waals surface area contributed by atoms with E-state index in [1.807, 2.05) is 49.1 Å². The molecule has 1 saturated heterocycles. The zero-order valence-corrected chi connectivity index (χ0v) is 17.8. The molecule has 29 heavy (non-hydrogen) atoms. The molecule has 0 atom stereocenters. The third-order valence-corrected chi connectivity index (χ3v) is 6.97. The predicted octanol–water partition coefficient (Wildman–Crippen LogP) is 5.28. The van der Waals surface area contributed by atoms with Gasteiger partial charge in [-0.15, -0.1) is 11.3 Å². The van der Waals surface area contributed by atoms with Crippen LogP contribution < -0.4 is 0 Å². The number of Topliss-reactive ketones (excluding diaryl/α,β-unsaturated/α-hetero) is 1. The average Bonchev–Trinajstić information content (AvgIpc) is 3.18. The third kappa shape index (κ3) is 4.40. The van der Waals surface area contributed by atoms with Crippen molar-refractivity contribution in [3.8, 4) is 0 Å². The van der Waals surface area contributed by atoms with Crippen molar-refractivity contribution in [2.45, 2.75) is 45.4 Å². The highest BCUT2D eigenvalue weighted by molar-refractivity contribution is 7.18. The maximum absolute atomic E-state index is 12.6. The average molecular weight is 407 g/mol. The molecule has 2 aromatic carbocycles. The Bertz CT molecular complexity index is 1010. The van der Waals surface area contributed by atoms with Gasteiger partial charge in [-0.1, -0.05) is 29.8 Å². The van der Waals surface area contributed by atoms with Crippen molar-refractivity contribution in [3.05, 3.63) is 64.2 Å². The maximum Gasteiger partial charge on any atom is 0.223 e. The third-order valence-electron chi connectivity index (χ3n) is 5.77. The number of hydrogen-bond acceptors (Lipinski definition) is 4. The summed E-state index contributed by atoms with van der Waals surface area (Å²) in [5.41, 5.74) is 3.86. The Morgan fingerprint density at radius 3 is 2.59 bits per heavy atom. The number of rotatable bonds is 5. The lowest BCUT2D eigenvalue weighted by Gasteiger charge is -2.31. The first-order valence-corrected chi connectivity index (χ1v) is 11.1. The number of carbonyl (C=O) groups is 2. The van der Waals surface area contributed by atoms with E-state index in [9.17, 15) is 9.59 Å². The van der Waals surface area contributed by atoms with Crippen molar-refractivity contribution in [3.63, 3.8) is 0 Å². The quantitative estimate of drug-likeness (QED) is 0.542. The number of thiazole rings is 1. The Morgan fingerprint density at radius 1 is 1.07 bits per heavy atom. The molecule has 0 N–H and O–H groups in total. The van der Waals surface area contributed by atoms with Gasteiger partial charge in [0.1, 0.15) is 0 Å². The van der Waals surface area contributed by atoms with E-state index in [0.29, 0.717) is 5.92 Å². The largest absolute Gasteiger partial charge is 0.343 e. The number of para-hydroxylation sites is 1. The molecule has 4 rings (SSSR count). The van der Waals surface area contributed by atoms with Gasteiger partial charge in [0.25, 0.3) is 0 Å². The summed E-state index contributed by atoms with van der Waals surface area (Å²) < 4.78 is 1.23. The van der Waals surface area contributed by atoms with Crippen LogP contribution in [0.5, 0.6) is 0 Å². The first-order chi connectivity index (χ1) is 14.0. The molecule has 150 valence electrons. The van der Waals surface area contributed by atoms with E-state index >= 15 is 0 Å². The molecule has 0 radical (unpaired) electrons. The summed E-state index contributed by atoms with van der Waals surface area (Å²) in [7, 11) is 0. The number of benzene rings is 2. The number of carbonyl (C=O) groups excluding carboxylic acids is 2. The van der Waals surface area contributed by atoms with E-state index in [1.165, 1.54) is 9.71 Å². The summed E-state index contributed by atoms with van der Waals surface area (Å²) in [5.74, 6) is 0.573. The molecular formula is C24H26N2O2S. The van der Waals surface area contributed by atoms with Gasteiger partial charge >= 0.3 is 0 Å². The molecule has 0 aliphatic carbocycles. The maximum atomic E-state index is 12.6. The standard InChI is InChI=1S/C24H26N2O2S/c1-16-7-8-17(2)19(15-16)21(27)9-10-23(28)26-13-11-18(12-14-26)24-25-20-5-3-4-6-22(20)29-24/h3-8,15,18H,9-14H2,1-2H3. The van der Waals surface area contributed by atoms with Crippen molar-refractivity contribution >= 4 is 33.2 Å². The van der Waals surface area contributed by atoms with Crippen LogP contribution in [0.4, 0.5) is 0 Å². The van der Waals surface area contributed by atoms with Crippen LogP contribution in [0.15, 0.2) is 42.5 Å². The second-order valence-electron chi connectivity index (χ2n) is 7.92. The molecule has 2 heterocycles. The van der Waals surface area contributed by atoms with Crippen LogP contribution in [0.3, 0.4) is 0 Å². The molecule has 5 heteroatoms. The highest BCUT2D eigenvalue weighted by Crippen LogP contribution is 2.34. The Morgan fingerprint density at radius 2 is 1.83 bits per heavy atom. The molecule has 1 fully saturated rings. The number of likely N-dealkylation sites (tertiary alicyclic amines) is 1. The monoisotopic (exact) mass is 406 g/mol. The molecule has 1 aliphatic rings. The zero-order chi connectivity index (χ0) is 20.4. The fraction of sp³-hybridized carbons (Fsp3) is 0.375. The van der Waals surface area contributed by atoms with Crippen LogP contribution in [-0.2, 0) is 4.79 Å². The van der Waals surface area contributed by atoms with Crippen LogP contribution in [-0.4, -0.2) is 34.7 Å². The normalized spacial score (nSPS) is 15.0. The minimum Gasteiger partial charge on any atom is -0.343 e. The van der Waals surface area contributed by atoms with Gasteiger partial charge in [-0.2, -0.15) is 0 Å². The van der Waals surface area contributed by atoms with E-state index in [2.05, 4.69) is 12.1 Å². The lowest BCUT2D eigenvalue weighted by atomic mass is 9.96. The summed E-state index contributed by atoms with van der Waals surface area (Å²) in [6, 6.07) is 14.1. The van der Waals surface area contributed by atoms with Gasteiger partial charge in [0.05, 0.1) is 15.2 Å². The van der Waals surface area contributed by atoms with Crippen LogP contribution >= 0.6 is 11.3 Å². The van der Waals surface area contributed by atoms with E-state index in [0.717, 1.165) is 48.1 Å². The minimum absolute atomic E-state index is 0.0592. The highest BCUT2D eigenvalue weighted by Gasteiger charge is 2.26. The second kappa shape index (κ2) is 8.46. The molecule has 0 unspecified atom stereocenters. The van der Waals surface area contributed by atoms with E-state index in [-0.39, 0.29) is 24.5 Å². The van der Waals surface area contributed by atoms with Gasteiger partial charge in [-0.25, -0.2) is 4.98 Å². The number of amides is 1. The zero-order valence-electron chi connectivity index (χ0n) is 17.0. The lowest BCUT2D eigenvalue weighted by Crippen LogP contribution is -2.38. The summed E-state index contributed by atoms with van der Waals surface area (Å²) in [6.07, 6.45) is 2.45. The van der Waals surface area contributed by atoms with Crippen molar-refractivity contribution in [2.75, 3.05) is 13.1 Å². The van der Waals surface area contributed by atoms with Crippen LogP contribution in [0.25, 0.3) is 10.2 Å². The molecule has 4 nitrogen and oxygen atoms in total. The van der Waals surface area contributed by atoms with Crippen LogP contribution in [0.1, 0.15) is 58.1 Å². The number of aromatic nitrogens is 1. The van der Waals surface area contributed by atoms with Crippen molar-refractivity contribution in [1.82, 2.24) is 9.88 Å². The predicted molar refractivity (Wildman–Crippen MR) is 118 cm³/mol. The Hall–Kier alpha value is -2.53. The van der Waals surface area contributed by atoms with Crippen molar-refractivity contribution < 1.29 is 9.59 Å². The summed E-state index contributed by atoms with van der Waals surface area (Å²) >= 11 is 1.77. The number of nitrogens with zero attached hydrogens (tertiary/aromatic N) is 2. The number of fused-ring (bicyclic) bond motifs is 1. The topological polar surface area (TPSA) is 50.3 Å². The second-order valence-corrected chi connectivity index (χ2v) is 8.98. The molecule has 0 spiro atoms. The summed E-state index contributed by atoms with van der Waals surface area (Å²) in [6.45, 7) is 5.42. The first-order valence-electron chi connectivity index (χ1n) is 10.2. The SMILES string of the molecule is Cc1ccc(C)c(C(=O)CCC(=O)N2CCC(c3nc4ccccc4s3)CC2)c1. The van der Waals surface area contributed by atoms with Gasteiger partial charge in [0.15, 0.2) is 5.78 Å². The molecule has 0 saturated carbocycles. The molecule has 1 aliphatic heterocycles. The first kappa shape index (κ1) is 19.8.